The summed E-state index contributed by atoms with van der Waals surface area (Å²) in [6, 6.07) is 14.5. The number of carbonyl (C=O) groups excluding carboxylic acids is 1. The summed E-state index contributed by atoms with van der Waals surface area (Å²) in [7, 11) is -1.49. The second-order valence-corrected chi connectivity index (χ2v) is 5.79. The van der Waals surface area contributed by atoms with Gasteiger partial charge in [0.05, 0.1) is 0 Å². The van der Waals surface area contributed by atoms with Crippen LogP contribution in [0.4, 0.5) is 0 Å². The highest BCUT2D eigenvalue weighted by atomic mass is 127. The molecule has 0 heterocycles. The van der Waals surface area contributed by atoms with Gasteiger partial charge in [0.2, 0.25) is 0 Å². The zero-order valence-corrected chi connectivity index (χ0v) is 12.9. The largest absolute Gasteiger partial charge is 0.488 e. The maximum absolute atomic E-state index is 12.0. The van der Waals surface area contributed by atoms with Gasteiger partial charge in [0.25, 0.3) is 0 Å². The number of rotatable bonds is 5. The number of Topliss-reactive ketones (excluding diaryl/α,β-unsaturated/α-hetero) is 1. The lowest BCUT2D eigenvalue weighted by Crippen LogP contribution is -2.29. The number of hydrogen-bond acceptors (Lipinski definition) is 3. The summed E-state index contributed by atoms with van der Waals surface area (Å²) in [5.41, 5.74) is 2.13. The standard InChI is InChI=1S/C15H14BIO3/c17-14-8-1-11(2-9-14)3-10-15(18)12-4-6-13(7-5-12)16(19)20/h1-2,4-9,19-20H,3,10H2. The van der Waals surface area contributed by atoms with Crippen LogP contribution in [0.15, 0.2) is 48.5 Å². The summed E-state index contributed by atoms with van der Waals surface area (Å²) in [5, 5.41) is 18.0. The van der Waals surface area contributed by atoms with Gasteiger partial charge >= 0.3 is 7.12 Å². The first-order valence-corrected chi connectivity index (χ1v) is 7.38. The zero-order valence-electron chi connectivity index (χ0n) is 10.8. The molecule has 0 aliphatic heterocycles. The molecule has 0 radical (unpaired) electrons. The van der Waals surface area contributed by atoms with Crippen molar-refractivity contribution in [2.75, 3.05) is 0 Å². The maximum atomic E-state index is 12.0. The lowest BCUT2D eigenvalue weighted by atomic mass is 9.80. The molecule has 0 unspecified atom stereocenters. The fraction of sp³-hybridized carbons (Fsp3) is 0.133. The van der Waals surface area contributed by atoms with Crippen molar-refractivity contribution in [2.24, 2.45) is 0 Å². The average molecular weight is 380 g/mol. The van der Waals surface area contributed by atoms with Crippen molar-refractivity contribution in [3.05, 3.63) is 63.2 Å². The molecule has 0 bridgehead atoms. The van der Waals surface area contributed by atoms with Crippen LogP contribution in [0.1, 0.15) is 22.3 Å². The molecule has 20 heavy (non-hydrogen) atoms. The van der Waals surface area contributed by atoms with E-state index >= 15 is 0 Å². The van der Waals surface area contributed by atoms with Crippen molar-refractivity contribution >= 4 is 41.0 Å². The lowest BCUT2D eigenvalue weighted by Gasteiger charge is -2.04. The minimum absolute atomic E-state index is 0.0579. The van der Waals surface area contributed by atoms with Gasteiger partial charge in [-0.15, -0.1) is 0 Å². The predicted molar refractivity (Wildman–Crippen MR) is 88.1 cm³/mol. The summed E-state index contributed by atoms with van der Waals surface area (Å²) in [4.78, 5) is 12.0. The molecule has 0 atom stereocenters. The molecule has 0 amide bonds. The topological polar surface area (TPSA) is 57.5 Å². The molecule has 0 aliphatic carbocycles. The third kappa shape index (κ3) is 4.16. The van der Waals surface area contributed by atoms with Gasteiger partial charge in [0.15, 0.2) is 5.78 Å². The van der Waals surface area contributed by atoms with Gasteiger partial charge in [-0.05, 0) is 52.2 Å². The monoisotopic (exact) mass is 380 g/mol. The van der Waals surface area contributed by atoms with Gasteiger partial charge in [-0.25, -0.2) is 0 Å². The van der Waals surface area contributed by atoms with Crippen LogP contribution in [-0.2, 0) is 6.42 Å². The fourth-order valence-electron chi connectivity index (χ4n) is 1.89. The van der Waals surface area contributed by atoms with Crippen LogP contribution in [0.25, 0.3) is 0 Å². The maximum Gasteiger partial charge on any atom is 0.488 e. The summed E-state index contributed by atoms with van der Waals surface area (Å²) < 4.78 is 1.18. The van der Waals surface area contributed by atoms with E-state index in [1.165, 1.54) is 3.57 Å². The smallest absolute Gasteiger partial charge is 0.423 e. The summed E-state index contributed by atoms with van der Waals surface area (Å²) in [6.45, 7) is 0. The number of benzene rings is 2. The van der Waals surface area contributed by atoms with E-state index in [0.29, 0.717) is 23.9 Å². The molecule has 2 N–H and O–H groups in total. The molecular formula is C15H14BIO3. The molecule has 5 heteroatoms. The van der Waals surface area contributed by atoms with Crippen LogP contribution in [-0.4, -0.2) is 22.9 Å². The first-order valence-electron chi connectivity index (χ1n) is 6.30. The van der Waals surface area contributed by atoms with E-state index in [-0.39, 0.29) is 5.78 Å². The van der Waals surface area contributed by atoms with Crippen LogP contribution in [0.2, 0.25) is 0 Å². The van der Waals surface area contributed by atoms with E-state index in [9.17, 15) is 4.79 Å². The minimum atomic E-state index is -1.49. The molecule has 0 fully saturated rings. The highest BCUT2D eigenvalue weighted by Gasteiger charge is 2.12. The number of hydrogen-bond donors (Lipinski definition) is 2. The van der Waals surface area contributed by atoms with Crippen molar-refractivity contribution in [1.82, 2.24) is 0 Å². The van der Waals surface area contributed by atoms with Gasteiger partial charge in [-0.1, -0.05) is 36.4 Å². The zero-order chi connectivity index (χ0) is 14.5. The highest BCUT2D eigenvalue weighted by Crippen LogP contribution is 2.11. The van der Waals surface area contributed by atoms with E-state index in [2.05, 4.69) is 22.6 Å². The number of aryl methyl sites for hydroxylation is 1. The van der Waals surface area contributed by atoms with Gasteiger partial charge < -0.3 is 10.0 Å². The van der Waals surface area contributed by atoms with E-state index in [1.807, 2.05) is 24.3 Å². The van der Waals surface area contributed by atoms with Crippen molar-refractivity contribution in [1.29, 1.82) is 0 Å². The van der Waals surface area contributed by atoms with Crippen molar-refractivity contribution in [3.8, 4) is 0 Å². The Hall–Kier alpha value is -1.18. The molecule has 0 saturated carbocycles. The highest BCUT2D eigenvalue weighted by molar-refractivity contribution is 14.1. The minimum Gasteiger partial charge on any atom is -0.423 e. The summed E-state index contributed by atoms with van der Waals surface area (Å²) >= 11 is 2.25. The molecule has 0 aliphatic rings. The normalized spacial score (nSPS) is 10.3. The van der Waals surface area contributed by atoms with E-state index in [1.54, 1.807) is 24.3 Å². The summed E-state index contributed by atoms with van der Waals surface area (Å²) in [6.07, 6.45) is 1.15. The van der Waals surface area contributed by atoms with Gasteiger partial charge in [0.1, 0.15) is 0 Å². The van der Waals surface area contributed by atoms with Gasteiger partial charge in [-0.3, -0.25) is 4.79 Å². The van der Waals surface area contributed by atoms with Crippen LogP contribution in [0, 0.1) is 3.57 Å². The lowest BCUT2D eigenvalue weighted by molar-refractivity contribution is 0.0983. The molecule has 2 rings (SSSR count). The molecule has 102 valence electrons. The first-order chi connectivity index (χ1) is 9.56. The number of carbonyl (C=O) groups is 1. The van der Waals surface area contributed by atoms with Crippen molar-refractivity contribution in [3.63, 3.8) is 0 Å². The Morgan fingerprint density at radius 3 is 2.15 bits per heavy atom. The quantitative estimate of drug-likeness (QED) is 0.473. The molecule has 2 aromatic rings. The second-order valence-electron chi connectivity index (χ2n) is 4.55. The Labute approximate surface area is 131 Å². The molecule has 0 spiro atoms. The van der Waals surface area contributed by atoms with Gasteiger partial charge in [-0.2, -0.15) is 0 Å². The Morgan fingerprint density at radius 1 is 1.00 bits per heavy atom. The predicted octanol–water partition coefficient (Wildman–Crippen LogP) is 1.79. The van der Waals surface area contributed by atoms with E-state index in [0.717, 1.165) is 5.56 Å². The Morgan fingerprint density at radius 2 is 1.60 bits per heavy atom. The fourth-order valence-corrected chi connectivity index (χ4v) is 2.25. The Balaban J connectivity index is 1.96. The van der Waals surface area contributed by atoms with E-state index in [4.69, 9.17) is 10.0 Å². The van der Waals surface area contributed by atoms with Crippen LogP contribution in [0.3, 0.4) is 0 Å². The number of ketones is 1. The van der Waals surface area contributed by atoms with Crippen molar-refractivity contribution in [2.45, 2.75) is 12.8 Å². The molecule has 0 aromatic heterocycles. The summed E-state index contributed by atoms with van der Waals surface area (Å²) in [5.74, 6) is 0.0579. The third-order valence-corrected chi connectivity index (χ3v) is 3.80. The molecule has 3 nitrogen and oxygen atoms in total. The van der Waals surface area contributed by atoms with Crippen LogP contribution >= 0.6 is 22.6 Å². The SMILES string of the molecule is O=C(CCc1ccc(I)cc1)c1ccc(B(O)O)cc1. The molecule has 2 aromatic carbocycles. The third-order valence-electron chi connectivity index (χ3n) is 3.08. The Bertz CT molecular complexity index is 579. The van der Waals surface area contributed by atoms with Crippen molar-refractivity contribution < 1.29 is 14.8 Å². The average Bonchev–Trinajstić information content (AvgIpc) is 2.46. The van der Waals surface area contributed by atoms with Crippen LogP contribution in [0.5, 0.6) is 0 Å². The Kier molecular flexibility index (Phi) is 5.34. The second kappa shape index (κ2) is 7.01. The van der Waals surface area contributed by atoms with Crippen LogP contribution < -0.4 is 5.46 Å². The molecule has 0 saturated heterocycles. The van der Waals surface area contributed by atoms with Gasteiger partial charge in [0, 0.05) is 15.6 Å². The molecular weight excluding hydrogens is 366 g/mol. The number of halogens is 1. The first kappa shape index (κ1) is 15.2. The van der Waals surface area contributed by atoms with E-state index < -0.39 is 7.12 Å².